The maximum atomic E-state index is 12.7. The summed E-state index contributed by atoms with van der Waals surface area (Å²) in [5, 5.41) is 3.31. The quantitative estimate of drug-likeness (QED) is 0.855. The molecule has 0 aromatic heterocycles. The lowest BCUT2D eigenvalue weighted by Gasteiger charge is -2.36. The van der Waals surface area contributed by atoms with E-state index in [4.69, 9.17) is 0 Å². The highest BCUT2D eigenvalue weighted by Gasteiger charge is 2.33. The molecule has 1 atom stereocenters. The lowest BCUT2D eigenvalue weighted by atomic mass is 10.0. The second-order valence-electron chi connectivity index (χ2n) is 7.89. The molecule has 1 amide bonds. The first-order valence-corrected chi connectivity index (χ1v) is 10.1. The van der Waals surface area contributed by atoms with E-state index in [1.807, 2.05) is 0 Å². The van der Waals surface area contributed by atoms with E-state index in [9.17, 15) is 4.79 Å². The molecule has 4 heteroatoms. The summed E-state index contributed by atoms with van der Waals surface area (Å²) < 4.78 is 0. The average Bonchev–Trinajstić information content (AvgIpc) is 3.53. The number of nitrogens with zero attached hydrogens (tertiary/aromatic N) is 2. The number of carbonyl (C=O) groups excluding carboxylic acids is 1. The topological polar surface area (TPSA) is 35.6 Å². The van der Waals surface area contributed by atoms with E-state index in [1.165, 1.54) is 29.7 Å². The summed E-state index contributed by atoms with van der Waals surface area (Å²) in [5.41, 5.74) is 3.77. The van der Waals surface area contributed by atoms with Gasteiger partial charge in [0.1, 0.15) is 0 Å². The SMILES string of the molecule is Cc1ccc(C(NC(=O)CN2CCN(c3ccccc3)CC2)C2CC2)cc1. The summed E-state index contributed by atoms with van der Waals surface area (Å²) in [4.78, 5) is 17.3. The smallest absolute Gasteiger partial charge is 0.234 e. The third-order valence-electron chi connectivity index (χ3n) is 5.71. The van der Waals surface area contributed by atoms with Crippen LogP contribution >= 0.6 is 0 Å². The Kier molecular flexibility index (Phi) is 5.44. The predicted octanol–water partition coefficient (Wildman–Crippen LogP) is 3.38. The number of para-hydroxylation sites is 1. The van der Waals surface area contributed by atoms with Crippen molar-refractivity contribution in [1.82, 2.24) is 10.2 Å². The number of rotatable bonds is 6. The molecular formula is C23H29N3O. The summed E-state index contributed by atoms with van der Waals surface area (Å²) in [6, 6.07) is 19.3. The molecule has 2 aromatic carbocycles. The Morgan fingerprint density at radius 1 is 1.00 bits per heavy atom. The maximum absolute atomic E-state index is 12.7. The van der Waals surface area contributed by atoms with Crippen LogP contribution in [0.25, 0.3) is 0 Å². The minimum atomic E-state index is 0.153. The molecule has 1 saturated carbocycles. The van der Waals surface area contributed by atoms with E-state index in [1.54, 1.807) is 0 Å². The first-order valence-electron chi connectivity index (χ1n) is 10.1. The Bertz CT molecular complexity index is 747. The van der Waals surface area contributed by atoms with Crippen LogP contribution in [0.5, 0.6) is 0 Å². The van der Waals surface area contributed by atoms with E-state index in [0.29, 0.717) is 12.5 Å². The Morgan fingerprint density at radius 3 is 2.30 bits per heavy atom. The van der Waals surface area contributed by atoms with E-state index in [0.717, 1.165) is 26.2 Å². The molecule has 1 saturated heterocycles. The molecule has 1 N–H and O–H groups in total. The zero-order chi connectivity index (χ0) is 18.6. The summed E-state index contributed by atoms with van der Waals surface area (Å²) in [6.45, 7) is 6.41. The number of amides is 1. The van der Waals surface area contributed by atoms with Gasteiger partial charge < -0.3 is 10.2 Å². The molecule has 2 aliphatic rings. The number of piperazine rings is 1. The summed E-state index contributed by atoms with van der Waals surface area (Å²) in [5.74, 6) is 0.757. The number of anilines is 1. The number of hydrogen-bond donors (Lipinski definition) is 1. The predicted molar refractivity (Wildman–Crippen MR) is 110 cm³/mol. The molecule has 1 heterocycles. The summed E-state index contributed by atoms with van der Waals surface area (Å²) >= 11 is 0. The molecule has 1 aliphatic carbocycles. The van der Waals surface area contributed by atoms with Crippen molar-refractivity contribution >= 4 is 11.6 Å². The van der Waals surface area contributed by atoms with Gasteiger partial charge >= 0.3 is 0 Å². The Hall–Kier alpha value is -2.33. The van der Waals surface area contributed by atoms with Gasteiger partial charge in [0.25, 0.3) is 0 Å². The fraction of sp³-hybridized carbons (Fsp3) is 0.435. The van der Waals surface area contributed by atoms with Crippen LogP contribution in [0.2, 0.25) is 0 Å². The van der Waals surface area contributed by atoms with Gasteiger partial charge in [-0.15, -0.1) is 0 Å². The minimum absolute atomic E-state index is 0.153. The van der Waals surface area contributed by atoms with Crippen molar-refractivity contribution in [2.75, 3.05) is 37.6 Å². The van der Waals surface area contributed by atoms with Gasteiger partial charge in [-0.05, 0) is 43.4 Å². The Morgan fingerprint density at radius 2 is 1.67 bits per heavy atom. The molecule has 2 aromatic rings. The molecule has 0 radical (unpaired) electrons. The van der Waals surface area contributed by atoms with Crippen molar-refractivity contribution in [1.29, 1.82) is 0 Å². The third kappa shape index (κ3) is 4.69. The van der Waals surface area contributed by atoms with Gasteiger partial charge in [0, 0.05) is 31.9 Å². The normalized spacial score (nSPS) is 18.9. The van der Waals surface area contributed by atoms with Gasteiger partial charge in [-0.3, -0.25) is 9.69 Å². The fourth-order valence-corrected chi connectivity index (χ4v) is 3.90. The highest BCUT2D eigenvalue weighted by molar-refractivity contribution is 5.78. The van der Waals surface area contributed by atoms with Crippen LogP contribution in [0.15, 0.2) is 54.6 Å². The van der Waals surface area contributed by atoms with Gasteiger partial charge in [-0.25, -0.2) is 0 Å². The average molecular weight is 364 g/mol. The van der Waals surface area contributed by atoms with Gasteiger partial charge in [0.05, 0.1) is 12.6 Å². The second kappa shape index (κ2) is 8.13. The number of benzene rings is 2. The van der Waals surface area contributed by atoms with Gasteiger partial charge in [0.15, 0.2) is 0 Å². The number of nitrogens with one attached hydrogen (secondary N) is 1. The van der Waals surface area contributed by atoms with Crippen molar-refractivity contribution in [3.63, 3.8) is 0 Å². The van der Waals surface area contributed by atoms with Crippen molar-refractivity contribution in [2.45, 2.75) is 25.8 Å². The van der Waals surface area contributed by atoms with E-state index in [-0.39, 0.29) is 11.9 Å². The third-order valence-corrected chi connectivity index (χ3v) is 5.71. The van der Waals surface area contributed by atoms with Crippen LogP contribution in [0, 0.1) is 12.8 Å². The second-order valence-corrected chi connectivity index (χ2v) is 7.89. The largest absolute Gasteiger partial charge is 0.369 e. The van der Waals surface area contributed by atoms with Crippen molar-refractivity contribution in [3.05, 3.63) is 65.7 Å². The minimum Gasteiger partial charge on any atom is -0.369 e. The zero-order valence-corrected chi connectivity index (χ0v) is 16.1. The highest BCUT2D eigenvalue weighted by atomic mass is 16.2. The Balaban J connectivity index is 1.29. The number of hydrogen-bond acceptors (Lipinski definition) is 3. The molecule has 27 heavy (non-hydrogen) atoms. The summed E-state index contributed by atoms with van der Waals surface area (Å²) in [7, 11) is 0. The number of aryl methyl sites for hydroxylation is 1. The van der Waals surface area contributed by atoms with Gasteiger partial charge in [-0.2, -0.15) is 0 Å². The van der Waals surface area contributed by atoms with E-state index < -0.39 is 0 Å². The number of carbonyl (C=O) groups is 1. The lowest BCUT2D eigenvalue weighted by Crippen LogP contribution is -2.50. The zero-order valence-electron chi connectivity index (χ0n) is 16.1. The van der Waals surface area contributed by atoms with E-state index >= 15 is 0 Å². The molecule has 1 unspecified atom stereocenters. The van der Waals surface area contributed by atoms with Crippen LogP contribution in [-0.2, 0) is 4.79 Å². The molecule has 0 spiro atoms. The van der Waals surface area contributed by atoms with Crippen LogP contribution in [0.3, 0.4) is 0 Å². The lowest BCUT2D eigenvalue weighted by molar-refractivity contribution is -0.123. The fourth-order valence-electron chi connectivity index (χ4n) is 3.90. The first kappa shape index (κ1) is 18.1. The van der Waals surface area contributed by atoms with Gasteiger partial charge in [0.2, 0.25) is 5.91 Å². The Labute approximate surface area is 162 Å². The van der Waals surface area contributed by atoms with Crippen molar-refractivity contribution < 1.29 is 4.79 Å². The monoisotopic (exact) mass is 363 g/mol. The summed E-state index contributed by atoms with van der Waals surface area (Å²) in [6.07, 6.45) is 2.43. The molecule has 4 rings (SSSR count). The molecular weight excluding hydrogens is 334 g/mol. The van der Waals surface area contributed by atoms with Crippen LogP contribution in [0.1, 0.15) is 30.0 Å². The van der Waals surface area contributed by atoms with Crippen LogP contribution < -0.4 is 10.2 Å². The molecule has 4 nitrogen and oxygen atoms in total. The standard InChI is InChI=1S/C23H29N3O/c1-18-7-9-19(10-8-18)23(20-11-12-20)24-22(27)17-25-13-15-26(16-14-25)21-5-3-2-4-6-21/h2-10,20,23H,11-17H2,1H3,(H,24,27). The highest BCUT2D eigenvalue weighted by Crippen LogP contribution is 2.41. The van der Waals surface area contributed by atoms with Crippen molar-refractivity contribution in [3.8, 4) is 0 Å². The van der Waals surface area contributed by atoms with Crippen LogP contribution in [-0.4, -0.2) is 43.5 Å². The maximum Gasteiger partial charge on any atom is 0.234 e. The molecule has 1 aliphatic heterocycles. The molecule has 2 fully saturated rings. The van der Waals surface area contributed by atoms with Crippen molar-refractivity contribution in [2.24, 2.45) is 5.92 Å². The van der Waals surface area contributed by atoms with Gasteiger partial charge in [-0.1, -0.05) is 48.0 Å². The molecule has 142 valence electrons. The molecule has 0 bridgehead atoms. The van der Waals surface area contributed by atoms with E-state index in [2.05, 4.69) is 76.6 Å². The van der Waals surface area contributed by atoms with Crippen LogP contribution in [0.4, 0.5) is 5.69 Å². The first-order chi connectivity index (χ1) is 13.2.